The normalized spacial score (nSPS) is 19.6. The maximum absolute atomic E-state index is 13.0. The summed E-state index contributed by atoms with van der Waals surface area (Å²) < 4.78 is 0. The van der Waals surface area contributed by atoms with Crippen LogP contribution >= 0.6 is 11.6 Å². The molecule has 1 aliphatic rings. The molecular weight excluding hydrogens is 414 g/mol. The minimum absolute atomic E-state index is 0.0961. The average molecular weight is 440 g/mol. The van der Waals surface area contributed by atoms with E-state index >= 15 is 0 Å². The smallest absolute Gasteiger partial charge is 0.255 e. The fourth-order valence-electron chi connectivity index (χ4n) is 4.06. The number of likely N-dealkylation sites (tertiary alicyclic amines) is 1. The molecule has 1 aromatic heterocycles. The molecule has 7 nitrogen and oxygen atoms in total. The number of hydrogen-bond acceptors (Lipinski definition) is 4. The van der Waals surface area contributed by atoms with Gasteiger partial charge in [-0.05, 0) is 75.6 Å². The van der Waals surface area contributed by atoms with Crippen molar-refractivity contribution < 1.29 is 9.59 Å². The number of nitrogens with zero attached hydrogens (tertiary/aromatic N) is 2. The summed E-state index contributed by atoms with van der Waals surface area (Å²) in [6, 6.07) is 10.2. The Hall–Kier alpha value is -2.90. The molecule has 2 heterocycles. The van der Waals surface area contributed by atoms with E-state index < -0.39 is 5.66 Å². The van der Waals surface area contributed by atoms with Gasteiger partial charge in [0.05, 0.1) is 22.7 Å². The first-order valence-electron chi connectivity index (χ1n) is 10.3. The van der Waals surface area contributed by atoms with Gasteiger partial charge in [-0.25, -0.2) is 4.98 Å². The SMILES string of the molecule is Cc1cc(C(=O)N[C@@H](C)c2nc3cc(Cl)ccc3[nH]2)ccc1C(=O)N1CCC[C@]1(C)N. The Labute approximate surface area is 186 Å². The van der Waals surface area contributed by atoms with Crippen LogP contribution in [0.1, 0.15) is 64.8 Å². The Kier molecular flexibility index (Phi) is 5.49. The van der Waals surface area contributed by atoms with E-state index in [9.17, 15) is 9.59 Å². The van der Waals surface area contributed by atoms with Crippen molar-refractivity contribution in [2.75, 3.05) is 6.54 Å². The number of rotatable bonds is 4. The number of nitrogens with one attached hydrogen (secondary N) is 2. The van der Waals surface area contributed by atoms with Crippen LogP contribution in [0.15, 0.2) is 36.4 Å². The third kappa shape index (κ3) is 4.16. The van der Waals surface area contributed by atoms with Crippen LogP contribution in [-0.2, 0) is 0 Å². The van der Waals surface area contributed by atoms with E-state index in [4.69, 9.17) is 17.3 Å². The number of amides is 2. The molecule has 1 aliphatic heterocycles. The Bertz CT molecular complexity index is 1170. The molecular formula is C23H26ClN5O2. The number of aromatic nitrogens is 2. The Morgan fingerprint density at radius 3 is 2.74 bits per heavy atom. The van der Waals surface area contributed by atoms with Crippen LogP contribution < -0.4 is 11.1 Å². The molecule has 0 bridgehead atoms. The van der Waals surface area contributed by atoms with Crippen LogP contribution in [0.4, 0.5) is 0 Å². The number of H-pyrrole nitrogens is 1. The Morgan fingerprint density at radius 1 is 1.29 bits per heavy atom. The number of carbonyl (C=O) groups is 2. The summed E-state index contributed by atoms with van der Waals surface area (Å²) in [5, 5.41) is 3.56. The van der Waals surface area contributed by atoms with Crippen LogP contribution in [0.3, 0.4) is 0 Å². The van der Waals surface area contributed by atoms with Gasteiger partial charge in [-0.2, -0.15) is 0 Å². The lowest BCUT2D eigenvalue weighted by Crippen LogP contribution is -2.52. The van der Waals surface area contributed by atoms with Gasteiger partial charge in [0.2, 0.25) is 0 Å². The van der Waals surface area contributed by atoms with Gasteiger partial charge in [0.1, 0.15) is 5.82 Å². The number of hydrogen-bond donors (Lipinski definition) is 3. The highest BCUT2D eigenvalue weighted by Crippen LogP contribution is 2.27. The maximum atomic E-state index is 13.0. The van der Waals surface area contributed by atoms with E-state index in [1.807, 2.05) is 26.8 Å². The lowest BCUT2D eigenvalue weighted by molar-refractivity contribution is 0.0633. The van der Waals surface area contributed by atoms with Gasteiger partial charge in [0, 0.05) is 22.7 Å². The third-order valence-electron chi connectivity index (χ3n) is 5.87. The molecule has 1 saturated heterocycles. The zero-order valence-electron chi connectivity index (χ0n) is 17.8. The number of nitrogens with two attached hydrogens (primary N) is 1. The van der Waals surface area contributed by atoms with Crippen molar-refractivity contribution in [3.63, 3.8) is 0 Å². The number of carbonyl (C=O) groups excluding carboxylic acids is 2. The second-order valence-corrected chi connectivity index (χ2v) is 8.86. The zero-order valence-corrected chi connectivity index (χ0v) is 18.6. The van der Waals surface area contributed by atoms with Crippen LogP contribution in [0.2, 0.25) is 5.02 Å². The molecule has 162 valence electrons. The van der Waals surface area contributed by atoms with Crippen molar-refractivity contribution in [1.82, 2.24) is 20.2 Å². The fraction of sp³-hybridized carbons (Fsp3) is 0.348. The number of imidazole rings is 1. The predicted molar refractivity (Wildman–Crippen MR) is 121 cm³/mol. The lowest BCUT2D eigenvalue weighted by atomic mass is 10.0. The van der Waals surface area contributed by atoms with E-state index in [2.05, 4.69) is 15.3 Å². The van der Waals surface area contributed by atoms with E-state index in [-0.39, 0.29) is 17.9 Å². The van der Waals surface area contributed by atoms with Crippen molar-refractivity contribution >= 4 is 34.4 Å². The van der Waals surface area contributed by atoms with E-state index in [1.54, 1.807) is 35.2 Å². The highest BCUT2D eigenvalue weighted by atomic mass is 35.5. The molecule has 3 aromatic rings. The molecule has 4 rings (SSSR count). The molecule has 1 fully saturated rings. The lowest BCUT2D eigenvalue weighted by Gasteiger charge is -2.31. The first-order chi connectivity index (χ1) is 14.7. The zero-order chi connectivity index (χ0) is 22.3. The second kappa shape index (κ2) is 7.98. The number of halogens is 1. The van der Waals surface area contributed by atoms with E-state index in [0.29, 0.717) is 28.5 Å². The van der Waals surface area contributed by atoms with Gasteiger partial charge >= 0.3 is 0 Å². The molecule has 2 atom stereocenters. The Balaban J connectivity index is 1.49. The number of benzene rings is 2. The minimum Gasteiger partial charge on any atom is -0.342 e. The van der Waals surface area contributed by atoms with E-state index in [0.717, 1.165) is 29.4 Å². The number of fused-ring (bicyclic) bond motifs is 1. The predicted octanol–water partition coefficient (Wildman–Crippen LogP) is 3.93. The average Bonchev–Trinajstić information content (AvgIpc) is 3.29. The molecule has 0 aliphatic carbocycles. The van der Waals surface area contributed by atoms with Gasteiger partial charge in [0.15, 0.2) is 0 Å². The number of aryl methyl sites for hydroxylation is 1. The van der Waals surface area contributed by atoms with E-state index in [1.165, 1.54) is 0 Å². The maximum Gasteiger partial charge on any atom is 0.255 e. The highest BCUT2D eigenvalue weighted by molar-refractivity contribution is 6.31. The van der Waals surface area contributed by atoms with Crippen molar-refractivity contribution in [2.45, 2.75) is 45.3 Å². The molecule has 0 unspecified atom stereocenters. The van der Waals surface area contributed by atoms with Crippen molar-refractivity contribution in [3.8, 4) is 0 Å². The summed E-state index contributed by atoms with van der Waals surface area (Å²) in [7, 11) is 0. The van der Waals surface area contributed by atoms with Gasteiger partial charge < -0.3 is 20.9 Å². The summed E-state index contributed by atoms with van der Waals surface area (Å²) in [5.74, 6) is 0.310. The van der Waals surface area contributed by atoms with Gasteiger partial charge in [-0.1, -0.05) is 11.6 Å². The van der Waals surface area contributed by atoms with Crippen LogP contribution in [0, 0.1) is 6.92 Å². The quantitative estimate of drug-likeness (QED) is 0.572. The monoisotopic (exact) mass is 439 g/mol. The Morgan fingerprint density at radius 2 is 2.06 bits per heavy atom. The molecule has 4 N–H and O–H groups in total. The van der Waals surface area contributed by atoms with Crippen LogP contribution in [0.25, 0.3) is 11.0 Å². The van der Waals surface area contributed by atoms with Gasteiger partial charge in [0.25, 0.3) is 11.8 Å². The number of aromatic amines is 1. The molecule has 2 aromatic carbocycles. The molecule has 31 heavy (non-hydrogen) atoms. The summed E-state index contributed by atoms with van der Waals surface area (Å²) in [4.78, 5) is 35.2. The van der Waals surface area contributed by atoms with Gasteiger partial charge in [-0.3, -0.25) is 9.59 Å². The highest BCUT2D eigenvalue weighted by Gasteiger charge is 2.36. The molecule has 8 heteroatoms. The molecule has 2 amide bonds. The molecule has 0 saturated carbocycles. The first-order valence-corrected chi connectivity index (χ1v) is 10.7. The largest absolute Gasteiger partial charge is 0.342 e. The van der Waals surface area contributed by atoms with Crippen molar-refractivity contribution in [3.05, 3.63) is 63.9 Å². The third-order valence-corrected chi connectivity index (χ3v) is 6.10. The minimum atomic E-state index is -0.633. The second-order valence-electron chi connectivity index (χ2n) is 8.43. The standard InChI is InChI=1S/C23H26ClN5O2/c1-13-11-15(5-7-17(13)22(31)29-10-4-9-23(29,3)25)21(30)26-14(2)20-27-18-8-6-16(24)12-19(18)28-20/h5-8,11-12,14H,4,9-10,25H2,1-3H3,(H,26,30)(H,27,28)/t14-,23+/m0/s1. The van der Waals surface area contributed by atoms with Gasteiger partial charge in [-0.15, -0.1) is 0 Å². The summed E-state index contributed by atoms with van der Waals surface area (Å²) in [6.07, 6.45) is 1.67. The van der Waals surface area contributed by atoms with Crippen LogP contribution in [0.5, 0.6) is 0 Å². The summed E-state index contributed by atoms with van der Waals surface area (Å²) in [5.41, 5.74) is 9.02. The molecule has 0 radical (unpaired) electrons. The first kappa shape index (κ1) is 21.3. The topological polar surface area (TPSA) is 104 Å². The van der Waals surface area contributed by atoms with Crippen molar-refractivity contribution in [1.29, 1.82) is 0 Å². The summed E-state index contributed by atoms with van der Waals surface area (Å²) in [6.45, 7) is 6.22. The summed E-state index contributed by atoms with van der Waals surface area (Å²) >= 11 is 6.02. The van der Waals surface area contributed by atoms with Crippen molar-refractivity contribution in [2.24, 2.45) is 5.73 Å². The molecule has 0 spiro atoms. The van der Waals surface area contributed by atoms with Crippen LogP contribution in [-0.4, -0.2) is 38.9 Å². The fourth-order valence-corrected chi connectivity index (χ4v) is 4.23.